The Morgan fingerprint density at radius 1 is 0.938 bits per heavy atom. The Hall–Kier alpha value is -1.83. The molecule has 16 heavy (non-hydrogen) atoms. The largest absolute Gasteiger partial charge is 0.360 e. The topological polar surface area (TPSA) is 3.01 Å². The number of hydrogen-bond donors (Lipinski definition) is 0. The molecule has 1 atom stereocenters. The zero-order chi connectivity index (χ0) is 11.0. The molecule has 1 aliphatic heterocycles. The average Bonchev–Trinajstić information content (AvgIpc) is 3.11. The maximum absolute atomic E-state index is 12.8. The smallest absolute Gasteiger partial charge is 0.123 e. The van der Waals surface area contributed by atoms with Crippen LogP contribution in [0, 0.1) is 5.82 Å². The molecule has 2 aromatic carbocycles. The van der Waals surface area contributed by atoms with Crippen LogP contribution in [-0.2, 0) is 0 Å². The molecule has 2 aromatic rings. The summed E-state index contributed by atoms with van der Waals surface area (Å²) in [7, 11) is 0. The van der Waals surface area contributed by atoms with Gasteiger partial charge in [-0.25, -0.2) is 4.39 Å². The summed E-state index contributed by atoms with van der Waals surface area (Å²) in [6, 6.07) is 17.5. The van der Waals surface area contributed by atoms with E-state index < -0.39 is 0 Å². The molecule has 1 fully saturated rings. The number of hydrogen-bond acceptors (Lipinski definition) is 1. The molecule has 1 heterocycles. The highest BCUT2D eigenvalue weighted by molar-refractivity contribution is 5.56. The minimum absolute atomic E-state index is 0.171. The summed E-state index contributed by atoms with van der Waals surface area (Å²) in [4.78, 5) is 2.30. The molecule has 0 aliphatic carbocycles. The van der Waals surface area contributed by atoms with E-state index in [1.165, 1.54) is 23.4 Å². The van der Waals surface area contributed by atoms with Gasteiger partial charge >= 0.3 is 0 Å². The summed E-state index contributed by atoms with van der Waals surface area (Å²) in [6.07, 6.45) is 0. The van der Waals surface area contributed by atoms with Gasteiger partial charge in [-0.3, -0.25) is 0 Å². The molecular formula is C14H12FN. The molecule has 0 unspecified atom stereocenters. The van der Waals surface area contributed by atoms with Crippen molar-refractivity contribution in [1.29, 1.82) is 0 Å². The van der Waals surface area contributed by atoms with E-state index in [0.717, 1.165) is 6.54 Å². The fourth-order valence-electron chi connectivity index (χ4n) is 2.01. The number of halogens is 1. The molecule has 1 aliphatic rings. The number of benzene rings is 2. The normalized spacial score (nSPS) is 18.6. The number of rotatable bonds is 2. The van der Waals surface area contributed by atoms with Crippen molar-refractivity contribution in [3.05, 3.63) is 66.0 Å². The van der Waals surface area contributed by atoms with Crippen molar-refractivity contribution >= 4 is 5.69 Å². The van der Waals surface area contributed by atoms with E-state index in [1.54, 1.807) is 0 Å². The van der Waals surface area contributed by atoms with Gasteiger partial charge in [0.1, 0.15) is 5.82 Å². The van der Waals surface area contributed by atoms with E-state index in [0.29, 0.717) is 6.04 Å². The van der Waals surface area contributed by atoms with E-state index in [-0.39, 0.29) is 5.82 Å². The van der Waals surface area contributed by atoms with E-state index in [4.69, 9.17) is 0 Å². The van der Waals surface area contributed by atoms with Crippen LogP contribution in [-0.4, -0.2) is 6.54 Å². The van der Waals surface area contributed by atoms with Gasteiger partial charge in [-0.1, -0.05) is 30.3 Å². The predicted octanol–water partition coefficient (Wildman–Crippen LogP) is 3.39. The fourth-order valence-corrected chi connectivity index (χ4v) is 2.01. The summed E-state index contributed by atoms with van der Waals surface area (Å²) in [5, 5.41) is 0. The lowest BCUT2D eigenvalue weighted by molar-refractivity contribution is 0.627. The number of anilines is 1. The van der Waals surface area contributed by atoms with Crippen LogP contribution in [0.3, 0.4) is 0 Å². The summed E-state index contributed by atoms with van der Waals surface area (Å²) in [5.74, 6) is -0.171. The number of para-hydroxylation sites is 1. The van der Waals surface area contributed by atoms with Crippen LogP contribution in [0.5, 0.6) is 0 Å². The van der Waals surface area contributed by atoms with Crippen molar-refractivity contribution in [3.8, 4) is 0 Å². The highest BCUT2D eigenvalue weighted by atomic mass is 19.1. The van der Waals surface area contributed by atoms with Gasteiger partial charge < -0.3 is 4.90 Å². The highest BCUT2D eigenvalue weighted by Gasteiger charge is 2.35. The third-order valence-electron chi connectivity index (χ3n) is 2.95. The molecule has 0 spiro atoms. The quantitative estimate of drug-likeness (QED) is 0.691. The van der Waals surface area contributed by atoms with Gasteiger partial charge in [0, 0.05) is 12.2 Å². The first-order chi connectivity index (χ1) is 7.84. The van der Waals surface area contributed by atoms with Crippen LogP contribution < -0.4 is 4.90 Å². The molecule has 1 saturated heterocycles. The summed E-state index contributed by atoms with van der Waals surface area (Å²) < 4.78 is 12.8. The van der Waals surface area contributed by atoms with Crippen molar-refractivity contribution in [3.63, 3.8) is 0 Å². The lowest BCUT2D eigenvalue weighted by Crippen LogP contribution is -1.93. The summed E-state index contributed by atoms with van der Waals surface area (Å²) >= 11 is 0. The second kappa shape index (κ2) is 3.63. The van der Waals surface area contributed by atoms with Crippen LogP contribution in [0.25, 0.3) is 0 Å². The molecule has 0 N–H and O–H groups in total. The molecule has 2 heteroatoms. The SMILES string of the molecule is Fc1ccc([C@@H]2CN2c2ccccc2)cc1. The summed E-state index contributed by atoms with van der Waals surface area (Å²) in [5.41, 5.74) is 2.42. The Kier molecular flexibility index (Phi) is 2.13. The van der Waals surface area contributed by atoms with Gasteiger partial charge in [-0.2, -0.15) is 0 Å². The molecule has 80 valence electrons. The van der Waals surface area contributed by atoms with Gasteiger partial charge in [0.15, 0.2) is 0 Å². The first-order valence-corrected chi connectivity index (χ1v) is 5.42. The van der Waals surface area contributed by atoms with Crippen molar-refractivity contribution < 1.29 is 4.39 Å². The second-order valence-electron chi connectivity index (χ2n) is 4.06. The fraction of sp³-hybridized carbons (Fsp3) is 0.143. The Bertz CT molecular complexity index is 478. The maximum Gasteiger partial charge on any atom is 0.123 e. The lowest BCUT2D eigenvalue weighted by atomic mass is 10.1. The monoisotopic (exact) mass is 213 g/mol. The third-order valence-corrected chi connectivity index (χ3v) is 2.95. The van der Waals surface area contributed by atoms with Crippen molar-refractivity contribution in [2.45, 2.75) is 6.04 Å². The van der Waals surface area contributed by atoms with Gasteiger partial charge in [0.25, 0.3) is 0 Å². The zero-order valence-corrected chi connectivity index (χ0v) is 8.81. The summed E-state index contributed by atoms with van der Waals surface area (Å²) in [6.45, 7) is 1.02. The second-order valence-corrected chi connectivity index (χ2v) is 4.06. The van der Waals surface area contributed by atoms with Crippen molar-refractivity contribution in [2.75, 3.05) is 11.4 Å². The standard InChI is InChI=1S/C14H12FN/c15-12-8-6-11(7-9-12)14-10-16(14)13-4-2-1-3-5-13/h1-9,14H,10H2/t14-,16?/m0/s1. The Morgan fingerprint density at radius 3 is 2.31 bits per heavy atom. The Balaban J connectivity index is 1.79. The van der Waals surface area contributed by atoms with Crippen molar-refractivity contribution in [1.82, 2.24) is 0 Å². The van der Waals surface area contributed by atoms with Crippen LogP contribution in [0.4, 0.5) is 10.1 Å². The molecule has 1 nitrogen and oxygen atoms in total. The van der Waals surface area contributed by atoms with Gasteiger partial charge in [0.2, 0.25) is 0 Å². The highest BCUT2D eigenvalue weighted by Crippen LogP contribution is 2.39. The average molecular weight is 213 g/mol. The van der Waals surface area contributed by atoms with Gasteiger partial charge in [0.05, 0.1) is 6.04 Å². The molecule has 0 aromatic heterocycles. The molecular weight excluding hydrogens is 201 g/mol. The van der Waals surface area contributed by atoms with Crippen LogP contribution in [0.2, 0.25) is 0 Å². The minimum Gasteiger partial charge on any atom is -0.360 e. The van der Waals surface area contributed by atoms with E-state index in [9.17, 15) is 4.39 Å². The first-order valence-electron chi connectivity index (χ1n) is 5.42. The van der Waals surface area contributed by atoms with E-state index >= 15 is 0 Å². The molecule has 0 radical (unpaired) electrons. The maximum atomic E-state index is 12.8. The molecule has 0 amide bonds. The first kappa shape index (κ1) is 9.40. The van der Waals surface area contributed by atoms with Crippen LogP contribution >= 0.6 is 0 Å². The van der Waals surface area contributed by atoms with E-state index in [1.807, 2.05) is 30.3 Å². The van der Waals surface area contributed by atoms with Crippen LogP contribution in [0.1, 0.15) is 11.6 Å². The Labute approximate surface area is 94.1 Å². The predicted molar refractivity (Wildman–Crippen MR) is 62.9 cm³/mol. The number of nitrogens with zero attached hydrogens (tertiary/aromatic N) is 1. The molecule has 3 rings (SSSR count). The van der Waals surface area contributed by atoms with Gasteiger partial charge in [-0.15, -0.1) is 0 Å². The zero-order valence-electron chi connectivity index (χ0n) is 8.81. The van der Waals surface area contributed by atoms with Crippen LogP contribution in [0.15, 0.2) is 54.6 Å². The lowest BCUT2D eigenvalue weighted by Gasteiger charge is -2.05. The van der Waals surface area contributed by atoms with Crippen molar-refractivity contribution in [2.24, 2.45) is 0 Å². The minimum atomic E-state index is -0.171. The Morgan fingerprint density at radius 2 is 1.62 bits per heavy atom. The molecule has 0 bridgehead atoms. The molecule has 0 saturated carbocycles. The third kappa shape index (κ3) is 1.67. The van der Waals surface area contributed by atoms with Gasteiger partial charge in [-0.05, 0) is 29.8 Å². The van der Waals surface area contributed by atoms with E-state index in [2.05, 4.69) is 17.0 Å².